The molecule has 23 heavy (non-hydrogen) atoms. The second-order valence-corrected chi connectivity index (χ2v) is 4.81. The van der Waals surface area contributed by atoms with Crippen LogP contribution in [0.4, 0.5) is 0 Å². The Labute approximate surface area is 132 Å². The van der Waals surface area contributed by atoms with Gasteiger partial charge < -0.3 is 14.9 Å². The predicted molar refractivity (Wildman–Crippen MR) is 80.5 cm³/mol. The quantitative estimate of drug-likeness (QED) is 0.840. The molecule has 0 bridgehead atoms. The van der Waals surface area contributed by atoms with Crippen LogP contribution in [-0.4, -0.2) is 39.2 Å². The highest BCUT2D eigenvalue weighted by Gasteiger charge is 2.36. The van der Waals surface area contributed by atoms with E-state index < -0.39 is 17.5 Å². The van der Waals surface area contributed by atoms with E-state index in [9.17, 15) is 9.59 Å². The van der Waals surface area contributed by atoms with Crippen molar-refractivity contribution in [1.82, 2.24) is 9.97 Å². The summed E-state index contributed by atoms with van der Waals surface area (Å²) in [6.45, 7) is 1.83. The third-order valence-electron chi connectivity index (χ3n) is 3.61. The highest BCUT2D eigenvalue weighted by atomic mass is 16.5. The van der Waals surface area contributed by atoms with Crippen molar-refractivity contribution in [1.29, 1.82) is 0 Å². The summed E-state index contributed by atoms with van der Waals surface area (Å²) in [7, 11) is 1.45. The third kappa shape index (κ3) is 3.04. The van der Waals surface area contributed by atoms with E-state index in [1.54, 1.807) is 24.3 Å². The Balaban J connectivity index is 2.64. The van der Waals surface area contributed by atoms with Gasteiger partial charge in [-0.05, 0) is 30.7 Å². The Morgan fingerprint density at radius 2 is 1.43 bits per heavy atom. The number of hydrogen-bond donors (Lipinski definition) is 2. The fourth-order valence-electron chi connectivity index (χ4n) is 2.40. The maximum absolute atomic E-state index is 11.1. The first kappa shape index (κ1) is 16.6. The Hall–Kier alpha value is -2.80. The number of carboxylic acid groups (broad SMARTS) is 2. The van der Waals surface area contributed by atoms with Crippen molar-refractivity contribution < 1.29 is 24.5 Å². The number of pyridine rings is 2. The number of methoxy groups -OCH3 is 1. The van der Waals surface area contributed by atoms with Crippen molar-refractivity contribution in [2.75, 3.05) is 7.11 Å². The summed E-state index contributed by atoms with van der Waals surface area (Å²) in [6, 6.07) is 9.15. The fraction of sp³-hybridized carbons (Fsp3) is 0.250. The molecule has 0 aliphatic carbocycles. The van der Waals surface area contributed by atoms with Crippen LogP contribution in [0.3, 0.4) is 0 Å². The summed E-state index contributed by atoms with van der Waals surface area (Å²) in [5.74, 6) is -2.31. The summed E-state index contributed by atoms with van der Waals surface area (Å²) in [5, 5.41) is 18.2. The van der Waals surface area contributed by atoms with E-state index >= 15 is 0 Å². The monoisotopic (exact) mass is 316 g/mol. The molecule has 0 unspecified atom stereocenters. The van der Waals surface area contributed by atoms with E-state index in [-0.39, 0.29) is 11.4 Å². The lowest BCUT2D eigenvalue weighted by Crippen LogP contribution is -2.32. The van der Waals surface area contributed by atoms with Gasteiger partial charge in [0.25, 0.3) is 0 Å². The van der Waals surface area contributed by atoms with Gasteiger partial charge >= 0.3 is 11.9 Å². The van der Waals surface area contributed by atoms with Crippen LogP contribution < -0.4 is 0 Å². The zero-order valence-electron chi connectivity index (χ0n) is 12.7. The minimum absolute atomic E-state index is 0.119. The number of ether oxygens (including phenoxy) is 1. The zero-order chi connectivity index (χ0) is 17.0. The zero-order valence-corrected chi connectivity index (χ0v) is 12.7. The average Bonchev–Trinajstić information content (AvgIpc) is 2.57. The topological polar surface area (TPSA) is 110 Å². The van der Waals surface area contributed by atoms with E-state index in [1.165, 1.54) is 19.2 Å². The first-order chi connectivity index (χ1) is 10.9. The van der Waals surface area contributed by atoms with E-state index in [0.717, 1.165) is 0 Å². The van der Waals surface area contributed by atoms with Crippen molar-refractivity contribution in [3.05, 3.63) is 59.2 Å². The minimum Gasteiger partial charge on any atom is -0.477 e. The van der Waals surface area contributed by atoms with Crippen LogP contribution >= 0.6 is 0 Å². The van der Waals surface area contributed by atoms with Crippen LogP contribution in [0.5, 0.6) is 0 Å². The molecule has 2 aromatic rings. The SMILES string of the molecule is CCC(OC)(c1cccc(C(=O)O)n1)c1cccc(C(=O)O)n1. The number of nitrogens with zero attached hydrogens (tertiary/aromatic N) is 2. The van der Waals surface area contributed by atoms with Crippen molar-refractivity contribution in [3.8, 4) is 0 Å². The fourth-order valence-corrected chi connectivity index (χ4v) is 2.40. The molecule has 0 amide bonds. The molecule has 0 saturated carbocycles. The van der Waals surface area contributed by atoms with Crippen molar-refractivity contribution in [3.63, 3.8) is 0 Å². The molecule has 7 nitrogen and oxygen atoms in total. The average molecular weight is 316 g/mol. The van der Waals surface area contributed by atoms with Crippen molar-refractivity contribution in [2.24, 2.45) is 0 Å². The molecule has 120 valence electrons. The Bertz CT molecular complexity index is 681. The Morgan fingerprint density at radius 3 is 1.74 bits per heavy atom. The lowest BCUT2D eigenvalue weighted by atomic mass is 9.90. The molecule has 2 rings (SSSR count). The van der Waals surface area contributed by atoms with E-state index in [0.29, 0.717) is 17.8 Å². The first-order valence-electron chi connectivity index (χ1n) is 6.91. The smallest absolute Gasteiger partial charge is 0.354 e. The van der Waals surface area contributed by atoms with Gasteiger partial charge in [0.1, 0.15) is 11.4 Å². The number of carboxylic acids is 2. The molecule has 0 spiro atoms. The maximum atomic E-state index is 11.1. The van der Waals surface area contributed by atoms with Gasteiger partial charge in [-0.25, -0.2) is 19.6 Å². The highest BCUT2D eigenvalue weighted by Crippen LogP contribution is 2.34. The van der Waals surface area contributed by atoms with Crippen LogP contribution in [0, 0.1) is 0 Å². The molecule has 7 heteroatoms. The molecule has 0 aliphatic rings. The Morgan fingerprint density at radius 1 is 1.00 bits per heavy atom. The lowest BCUT2D eigenvalue weighted by molar-refractivity contribution is 0.0109. The molecule has 2 heterocycles. The van der Waals surface area contributed by atoms with Crippen molar-refractivity contribution in [2.45, 2.75) is 18.9 Å². The van der Waals surface area contributed by atoms with Gasteiger partial charge in [-0.2, -0.15) is 0 Å². The van der Waals surface area contributed by atoms with Gasteiger partial charge in [-0.15, -0.1) is 0 Å². The van der Waals surface area contributed by atoms with E-state index in [4.69, 9.17) is 14.9 Å². The molecule has 2 aromatic heterocycles. The molecule has 2 N–H and O–H groups in total. The number of carbonyl (C=O) groups is 2. The van der Waals surface area contributed by atoms with Gasteiger partial charge in [0.15, 0.2) is 5.60 Å². The molecule has 0 aromatic carbocycles. The van der Waals surface area contributed by atoms with Gasteiger partial charge in [-0.3, -0.25) is 0 Å². The summed E-state index contributed by atoms with van der Waals surface area (Å²) in [6.07, 6.45) is 0.398. The van der Waals surface area contributed by atoms with Crippen LogP contribution in [-0.2, 0) is 10.3 Å². The predicted octanol–water partition coefficient (Wildman–Crippen LogP) is 2.17. The number of rotatable bonds is 6. The number of aromatic carboxylic acids is 2. The normalized spacial score (nSPS) is 11.2. The molecule has 0 aliphatic heterocycles. The summed E-state index contributed by atoms with van der Waals surface area (Å²) in [5.41, 5.74) is -0.648. The van der Waals surface area contributed by atoms with Gasteiger partial charge in [0.2, 0.25) is 0 Å². The van der Waals surface area contributed by atoms with E-state index in [1.807, 2.05) is 6.92 Å². The van der Waals surface area contributed by atoms with Crippen LogP contribution in [0.1, 0.15) is 45.7 Å². The standard InChI is InChI=1S/C16H16N2O5/c1-3-16(23-2,12-8-4-6-10(17-12)14(19)20)13-9-5-7-11(18-13)15(21)22/h4-9H,3H2,1-2H3,(H,19,20)(H,21,22). The molecule has 0 radical (unpaired) electrons. The van der Waals surface area contributed by atoms with Gasteiger partial charge in [0, 0.05) is 7.11 Å². The van der Waals surface area contributed by atoms with Gasteiger partial charge in [0.05, 0.1) is 11.4 Å². The molecule has 0 fully saturated rings. The molecular weight excluding hydrogens is 300 g/mol. The minimum atomic E-state index is -1.15. The lowest BCUT2D eigenvalue weighted by Gasteiger charge is -2.30. The highest BCUT2D eigenvalue weighted by molar-refractivity contribution is 5.85. The second-order valence-electron chi connectivity index (χ2n) is 4.81. The molecule has 0 atom stereocenters. The molecule has 0 saturated heterocycles. The number of hydrogen-bond acceptors (Lipinski definition) is 5. The first-order valence-corrected chi connectivity index (χ1v) is 6.91. The Kier molecular flexibility index (Phi) is 4.71. The van der Waals surface area contributed by atoms with Crippen LogP contribution in [0.15, 0.2) is 36.4 Å². The van der Waals surface area contributed by atoms with Crippen LogP contribution in [0.25, 0.3) is 0 Å². The van der Waals surface area contributed by atoms with E-state index in [2.05, 4.69) is 9.97 Å². The molecular formula is C16H16N2O5. The van der Waals surface area contributed by atoms with Crippen molar-refractivity contribution >= 4 is 11.9 Å². The van der Waals surface area contributed by atoms with Gasteiger partial charge in [-0.1, -0.05) is 19.1 Å². The summed E-state index contributed by atoms with van der Waals surface area (Å²) >= 11 is 0. The second kappa shape index (κ2) is 6.53. The summed E-state index contributed by atoms with van der Waals surface area (Å²) < 4.78 is 5.62. The number of aromatic nitrogens is 2. The summed E-state index contributed by atoms with van der Waals surface area (Å²) in [4.78, 5) is 30.5. The van der Waals surface area contributed by atoms with Crippen LogP contribution in [0.2, 0.25) is 0 Å². The largest absolute Gasteiger partial charge is 0.477 e. The third-order valence-corrected chi connectivity index (χ3v) is 3.61. The maximum Gasteiger partial charge on any atom is 0.354 e.